The SMILES string of the molecule is COc1ccc(-c2cn[nH]c2N)c(F)c1Cl. The first-order valence-corrected chi connectivity index (χ1v) is 4.84. The maximum Gasteiger partial charge on any atom is 0.153 e. The van der Waals surface area contributed by atoms with Crippen molar-refractivity contribution in [2.24, 2.45) is 0 Å². The Morgan fingerprint density at radius 3 is 2.75 bits per heavy atom. The molecule has 4 nitrogen and oxygen atoms in total. The third-order valence-corrected chi connectivity index (χ3v) is 2.58. The molecule has 2 aromatic rings. The van der Waals surface area contributed by atoms with E-state index in [0.717, 1.165) is 0 Å². The van der Waals surface area contributed by atoms with E-state index in [1.54, 1.807) is 12.1 Å². The summed E-state index contributed by atoms with van der Waals surface area (Å²) in [7, 11) is 1.42. The molecule has 0 aliphatic rings. The number of rotatable bonds is 2. The van der Waals surface area contributed by atoms with E-state index in [1.807, 2.05) is 0 Å². The minimum absolute atomic E-state index is 0.0689. The zero-order valence-corrected chi connectivity index (χ0v) is 9.18. The number of H-pyrrole nitrogens is 1. The van der Waals surface area contributed by atoms with Crippen LogP contribution in [0.3, 0.4) is 0 Å². The van der Waals surface area contributed by atoms with Gasteiger partial charge in [0.15, 0.2) is 5.82 Å². The van der Waals surface area contributed by atoms with Gasteiger partial charge in [-0.3, -0.25) is 5.10 Å². The van der Waals surface area contributed by atoms with Gasteiger partial charge in [0.2, 0.25) is 0 Å². The van der Waals surface area contributed by atoms with Gasteiger partial charge in [-0.2, -0.15) is 5.10 Å². The summed E-state index contributed by atoms with van der Waals surface area (Å²) in [6.45, 7) is 0. The molecule has 0 saturated heterocycles. The molecule has 1 heterocycles. The number of halogens is 2. The van der Waals surface area contributed by atoms with Crippen LogP contribution in [0.2, 0.25) is 5.02 Å². The van der Waals surface area contributed by atoms with Gasteiger partial charge in [0, 0.05) is 11.1 Å². The summed E-state index contributed by atoms with van der Waals surface area (Å²) < 4.78 is 18.8. The molecule has 0 aliphatic heterocycles. The Balaban J connectivity index is 2.60. The Morgan fingerprint density at radius 1 is 1.44 bits per heavy atom. The summed E-state index contributed by atoms with van der Waals surface area (Å²) in [6, 6.07) is 3.12. The summed E-state index contributed by atoms with van der Waals surface area (Å²) in [5, 5.41) is 6.18. The summed E-state index contributed by atoms with van der Waals surface area (Å²) in [6.07, 6.45) is 1.44. The second-order valence-electron chi connectivity index (χ2n) is 3.14. The van der Waals surface area contributed by atoms with Gasteiger partial charge in [-0.05, 0) is 12.1 Å². The third kappa shape index (κ3) is 1.59. The fourth-order valence-electron chi connectivity index (χ4n) is 1.41. The standard InChI is InChI=1S/C10H9ClFN3O/c1-16-7-3-2-5(9(12)8(7)11)6-4-14-15-10(6)13/h2-4H,1H3,(H3,13,14,15). The quantitative estimate of drug-likeness (QED) is 0.849. The highest BCUT2D eigenvalue weighted by Crippen LogP contribution is 2.35. The third-order valence-electron chi connectivity index (χ3n) is 2.23. The minimum atomic E-state index is -0.575. The van der Waals surface area contributed by atoms with E-state index in [4.69, 9.17) is 22.1 Å². The largest absolute Gasteiger partial charge is 0.495 e. The molecule has 0 unspecified atom stereocenters. The molecule has 0 bridgehead atoms. The zero-order valence-electron chi connectivity index (χ0n) is 8.42. The van der Waals surface area contributed by atoms with Crippen molar-refractivity contribution in [3.8, 4) is 16.9 Å². The van der Waals surface area contributed by atoms with Crippen molar-refractivity contribution in [3.05, 3.63) is 29.2 Å². The molecular weight excluding hydrogens is 233 g/mol. The van der Waals surface area contributed by atoms with E-state index >= 15 is 0 Å². The van der Waals surface area contributed by atoms with Crippen LogP contribution < -0.4 is 10.5 Å². The van der Waals surface area contributed by atoms with Crippen molar-refractivity contribution in [2.75, 3.05) is 12.8 Å². The second-order valence-corrected chi connectivity index (χ2v) is 3.52. The smallest absolute Gasteiger partial charge is 0.153 e. The Morgan fingerprint density at radius 2 is 2.19 bits per heavy atom. The molecular formula is C10H9ClFN3O. The number of anilines is 1. The highest BCUT2D eigenvalue weighted by molar-refractivity contribution is 6.32. The van der Waals surface area contributed by atoms with Gasteiger partial charge in [0.1, 0.15) is 16.6 Å². The minimum Gasteiger partial charge on any atom is -0.495 e. The maximum atomic E-state index is 13.9. The molecule has 16 heavy (non-hydrogen) atoms. The molecule has 2 rings (SSSR count). The van der Waals surface area contributed by atoms with E-state index in [-0.39, 0.29) is 16.3 Å². The van der Waals surface area contributed by atoms with Crippen LogP contribution in [0.25, 0.3) is 11.1 Å². The van der Waals surface area contributed by atoms with Crippen molar-refractivity contribution < 1.29 is 9.13 Å². The lowest BCUT2D eigenvalue weighted by molar-refractivity contribution is 0.412. The predicted molar refractivity (Wildman–Crippen MR) is 60.0 cm³/mol. The first kappa shape index (κ1) is 10.8. The van der Waals surface area contributed by atoms with Crippen LogP contribution in [0.15, 0.2) is 18.3 Å². The molecule has 3 N–H and O–H groups in total. The molecule has 0 saturated carbocycles. The average Bonchev–Trinajstić information content (AvgIpc) is 2.69. The Bertz CT molecular complexity index is 527. The summed E-state index contributed by atoms with van der Waals surface area (Å²) in [4.78, 5) is 0. The molecule has 0 amide bonds. The van der Waals surface area contributed by atoms with Crippen LogP contribution in [0, 0.1) is 5.82 Å². The van der Waals surface area contributed by atoms with E-state index in [2.05, 4.69) is 10.2 Å². The molecule has 0 fully saturated rings. The number of nitrogen functional groups attached to an aromatic ring is 1. The van der Waals surface area contributed by atoms with E-state index < -0.39 is 5.82 Å². The second kappa shape index (κ2) is 4.02. The molecule has 0 aliphatic carbocycles. The van der Waals surface area contributed by atoms with Gasteiger partial charge >= 0.3 is 0 Å². The number of nitrogens with one attached hydrogen (secondary N) is 1. The van der Waals surface area contributed by atoms with Gasteiger partial charge in [-0.15, -0.1) is 0 Å². The number of aromatic amines is 1. The Labute approximate surface area is 96.2 Å². The van der Waals surface area contributed by atoms with Gasteiger partial charge in [-0.25, -0.2) is 4.39 Å². The van der Waals surface area contributed by atoms with Gasteiger partial charge in [0.25, 0.3) is 0 Å². The molecule has 1 aromatic heterocycles. The lowest BCUT2D eigenvalue weighted by Gasteiger charge is -2.07. The predicted octanol–water partition coefficient (Wildman–Crippen LogP) is 2.46. The maximum absolute atomic E-state index is 13.9. The first-order chi connectivity index (χ1) is 7.65. The molecule has 84 valence electrons. The number of hydrogen-bond acceptors (Lipinski definition) is 3. The number of methoxy groups -OCH3 is 1. The number of nitrogens with zero attached hydrogens (tertiary/aromatic N) is 1. The van der Waals surface area contributed by atoms with Crippen molar-refractivity contribution in [1.29, 1.82) is 0 Å². The first-order valence-electron chi connectivity index (χ1n) is 4.46. The van der Waals surface area contributed by atoms with Gasteiger partial charge < -0.3 is 10.5 Å². The van der Waals surface area contributed by atoms with E-state index in [9.17, 15) is 4.39 Å². The molecule has 0 atom stereocenters. The molecule has 1 aromatic carbocycles. The van der Waals surface area contributed by atoms with Crippen molar-refractivity contribution >= 4 is 17.4 Å². The fourth-order valence-corrected chi connectivity index (χ4v) is 1.65. The zero-order chi connectivity index (χ0) is 11.7. The van der Waals surface area contributed by atoms with Crippen molar-refractivity contribution in [2.45, 2.75) is 0 Å². The van der Waals surface area contributed by atoms with Gasteiger partial charge in [0.05, 0.1) is 13.3 Å². The Kier molecular flexibility index (Phi) is 2.70. The van der Waals surface area contributed by atoms with Crippen molar-refractivity contribution in [1.82, 2.24) is 10.2 Å². The highest BCUT2D eigenvalue weighted by Gasteiger charge is 2.16. The van der Waals surface area contributed by atoms with Crippen LogP contribution in [-0.4, -0.2) is 17.3 Å². The number of benzene rings is 1. The van der Waals surface area contributed by atoms with Gasteiger partial charge in [-0.1, -0.05) is 11.6 Å². The molecule has 0 spiro atoms. The van der Waals surface area contributed by atoms with Crippen LogP contribution in [0.1, 0.15) is 0 Å². The number of aromatic nitrogens is 2. The van der Waals surface area contributed by atoms with Crippen LogP contribution >= 0.6 is 11.6 Å². The molecule has 6 heteroatoms. The van der Waals surface area contributed by atoms with Crippen molar-refractivity contribution in [3.63, 3.8) is 0 Å². The monoisotopic (exact) mass is 241 g/mol. The fraction of sp³-hybridized carbons (Fsp3) is 0.100. The Hall–Kier alpha value is -1.75. The highest BCUT2D eigenvalue weighted by atomic mass is 35.5. The van der Waals surface area contributed by atoms with E-state index in [1.165, 1.54) is 13.3 Å². The summed E-state index contributed by atoms with van der Waals surface area (Å²) in [5.74, 6) is -0.000710. The average molecular weight is 242 g/mol. The lowest BCUT2D eigenvalue weighted by Crippen LogP contribution is -1.93. The van der Waals surface area contributed by atoms with E-state index in [0.29, 0.717) is 11.4 Å². The summed E-state index contributed by atoms with van der Waals surface area (Å²) >= 11 is 5.80. The van der Waals surface area contributed by atoms with Crippen LogP contribution in [0.5, 0.6) is 5.75 Å². The van der Waals surface area contributed by atoms with Crippen LogP contribution in [-0.2, 0) is 0 Å². The lowest BCUT2D eigenvalue weighted by atomic mass is 10.1. The molecule has 0 radical (unpaired) electrons. The number of ether oxygens (including phenoxy) is 1. The summed E-state index contributed by atoms with van der Waals surface area (Å²) in [5.41, 5.74) is 6.37. The normalized spacial score (nSPS) is 10.4. The topological polar surface area (TPSA) is 63.9 Å². The number of hydrogen-bond donors (Lipinski definition) is 2. The number of nitrogens with two attached hydrogens (primary N) is 1. The van der Waals surface area contributed by atoms with Crippen LogP contribution in [0.4, 0.5) is 10.2 Å².